The first kappa shape index (κ1) is 14.8. The van der Waals surface area contributed by atoms with Gasteiger partial charge in [0.05, 0.1) is 18.8 Å². The highest BCUT2D eigenvalue weighted by molar-refractivity contribution is 6.04. The molecule has 0 saturated carbocycles. The molecule has 0 aliphatic heterocycles. The lowest BCUT2D eigenvalue weighted by atomic mass is 10.1. The van der Waals surface area contributed by atoms with E-state index in [9.17, 15) is 9.59 Å². The maximum absolute atomic E-state index is 12.1. The van der Waals surface area contributed by atoms with Gasteiger partial charge in [0, 0.05) is 12.5 Å². The van der Waals surface area contributed by atoms with Crippen LogP contribution in [0.1, 0.15) is 16.8 Å². The zero-order valence-electron chi connectivity index (χ0n) is 11.6. The second kappa shape index (κ2) is 7.24. The lowest BCUT2D eigenvalue weighted by molar-refractivity contribution is -0.137. The van der Waals surface area contributed by atoms with Gasteiger partial charge in [-0.1, -0.05) is 43.0 Å². The van der Waals surface area contributed by atoms with Gasteiger partial charge in [-0.3, -0.25) is 0 Å². The van der Waals surface area contributed by atoms with Gasteiger partial charge >= 0.3 is 11.9 Å². The lowest BCUT2D eigenvalue weighted by Gasteiger charge is -2.07. The summed E-state index contributed by atoms with van der Waals surface area (Å²) in [4.78, 5) is 22.9. The molecular formula is C17H16O4. The van der Waals surface area contributed by atoms with Crippen molar-refractivity contribution in [3.63, 3.8) is 0 Å². The van der Waals surface area contributed by atoms with Gasteiger partial charge in [-0.15, -0.1) is 0 Å². The van der Waals surface area contributed by atoms with Gasteiger partial charge in [-0.25, -0.2) is 9.59 Å². The number of carbonyl (C=O) groups excluding carboxylic acids is 2. The number of carbonyl (C=O) groups is 2. The highest BCUT2D eigenvalue weighted by Crippen LogP contribution is 2.19. The summed E-state index contributed by atoms with van der Waals surface area (Å²) in [5, 5.41) is 1.86. The summed E-state index contributed by atoms with van der Waals surface area (Å²) in [6.45, 7) is 3.70. The molecule has 0 atom stereocenters. The molecule has 0 amide bonds. The van der Waals surface area contributed by atoms with Gasteiger partial charge in [0.15, 0.2) is 0 Å². The van der Waals surface area contributed by atoms with E-state index < -0.39 is 5.97 Å². The fourth-order valence-corrected chi connectivity index (χ4v) is 1.94. The maximum Gasteiger partial charge on any atom is 0.338 e. The highest BCUT2D eigenvalue weighted by Gasteiger charge is 2.10. The van der Waals surface area contributed by atoms with E-state index in [1.807, 2.05) is 36.4 Å². The van der Waals surface area contributed by atoms with E-state index in [2.05, 4.69) is 6.58 Å². The number of hydrogen-bond donors (Lipinski definition) is 0. The predicted molar refractivity (Wildman–Crippen MR) is 80.0 cm³/mol. The molecule has 0 aliphatic rings. The third-order valence-corrected chi connectivity index (χ3v) is 2.94. The molecule has 2 rings (SSSR count). The van der Waals surface area contributed by atoms with E-state index in [0.29, 0.717) is 12.0 Å². The van der Waals surface area contributed by atoms with Crippen molar-refractivity contribution in [3.8, 4) is 0 Å². The molecule has 0 N–H and O–H groups in total. The smallest absolute Gasteiger partial charge is 0.338 e. The first-order chi connectivity index (χ1) is 10.2. The number of fused-ring (bicyclic) bond motifs is 1. The molecule has 0 aromatic heterocycles. The number of esters is 2. The maximum atomic E-state index is 12.1. The van der Waals surface area contributed by atoms with Crippen LogP contribution in [0, 0.1) is 0 Å². The molecule has 0 radical (unpaired) electrons. The monoisotopic (exact) mass is 284 g/mol. The molecular weight excluding hydrogens is 268 g/mol. The molecule has 0 saturated heterocycles. The summed E-state index contributed by atoms with van der Waals surface area (Å²) in [5.74, 6) is -0.850. The molecule has 4 heteroatoms. The molecule has 0 bridgehead atoms. The summed E-state index contributed by atoms with van der Waals surface area (Å²) >= 11 is 0. The molecule has 4 nitrogen and oxygen atoms in total. The fourth-order valence-electron chi connectivity index (χ4n) is 1.94. The number of rotatable bonds is 6. The Hall–Kier alpha value is -2.62. The van der Waals surface area contributed by atoms with Gasteiger partial charge in [-0.2, -0.15) is 0 Å². The van der Waals surface area contributed by atoms with Crippen molar-refractivity contribution in [1.82, 2.24) is 0 Å². The Morgan fingerprint density at radius 2 is 1.71 bits per heavy atom. The Bertz CT molecular complexity index is 655. The van der Waals surface area contributed by atoms with Crippen LogP contribution in [0.3, 0.4) is 0 Å². The molecule has 21 heavy (non-hydrogen) atoms. The van der Waals surface area contributed by atoms with E-state index in [1.54, 1.807) is 6.07 Å². The largest absolute Gasteiger partial charge is 0.462 e. The first-order valence-electron chi connectivity index (χ1n) is 6.66. The Balaban J connectivity index is 1.91. The van der Waals surface area contributed by atoms with Crippen LogP contribution in [0.5, 0.6) is 0 Å². The third-order valence-electron chi connectivity index (χ3n) is 2.94. The van der Waals surface area contributed by atoms with Crippen LogP contribution in [0.4, 0.5) is 0 Å². The van der Waals surface area contributed by atoms with E-state index in [1.165, 1.54) is 0 Å². The van der Waals surface area contributed by atoms with Crippen LogP contribution in [0.15, 0.2) is 55.1 Å². The zero-order chi connectivity index (χ0) is 15.1. The van der Waals surface area contributed by atoms with Gasteiger partial charge in [0.25, 0.3) is 0 Å². The van der Waals surface area contributed by atoms with Crippen molar-refractivity contribution in [2.75, 3.05) is 13.2 Å². The standard InChI is InChI=1S/C17H16O4/c1-2-16(18)20-11-6-12-21-17(19)15-10-5-8-13-7-3-4-9-14(13)15/h2-5,7-10H,1,6,11-12H2. The summed E-state index contributed by atoms with van der Waals surface area (Å²) in [6, 6.07) is 13.1. The van der Waals surface area contributed by atoms with Crippen LogP contribution >= 0.6 is 0 Å². The minimum absolute atomic E-state index is 0.201. The van der Waals surface area contributed by atoms with Crippen LogP contribution in [0.25, 0.3) is 10.8 Å². The molecule has 0 unspecified atom stereocenters. The molecule has 0 heterocycles. The SMILES string of the molecule is C=CC(=O)OCCCOC(=O)c1cccc2ccccc12. The van der Waals surface area contributed by atoms with Crippen LogP contribution < -0.4 is 0 Å². The van der Waals surface area contributed by atoms with Crippen molar-refractivity contribution in [2.24, 2.45) is 0 Å². The normalized spacial score (nSPS) is 10.1. The highest BCUT2D eigenvalue weighted by atomic mass is 16.5. The molecule has 108 valence electrons. The predicted octanol–water partition coefficient (Wildman–Crippen LogP) is 3.12. The van der Waals surface area contributed by atoms with E-state index in [0.717, 1.165) is 16.8 Å². The van der Waals surface area contributed by atoms with Gasteiger partial charge in [0.1, 0.15) is 0 Å². The number of ether oxygens (including phenoxy) is 2. The van der Waals surface area contributed by atoms with Gasteiger partial charge in [0.2, 0.25) is 0 Å². The minimum Gasteiger partial charge on any atom is -0.462 e. The third kappa shape index (κ3) is 3.92. The van der Waals surface area contributed by atoms with Crippen molar-refractivity contribution >= 4 is 22.7 Å². The van der Waals surface area contributed by atoms with Gasteiger partial charge < -0.3 is 9.47 Å². The summed E-state index contributed by atoms with van der Waals surface area (Å²) in [5.41, 5.74) is 0.538. The van der Waals surface area contributed by atoms with Crippen LogP contribution in [-0.2, 0) is 14.3 Å². The van der Waals surface area contributed by atoms with Crippen molar-refractivity contribution in [1.29, 1.82) is 0 Å². The summed E-state index contributed by atoms with van der Waals surface area (Å²) < 4.78 is 10.00. The average molecular weight is 284 g/mol. The molecule has 2 aromatic carbocycles. The summed E-state index contributed by atoms with van der Waals surface area (Å²) in [6.07, 6.45) is 1.55. The van der Waals surface area contributed by atoms with E-state index >= 15 is 0 Å². The fraction of sp³-hybridized carbons (Fsp3) is 0.176. The molecule has 2 aromatic rings. The quantitative estimate of drug-likeness (QED) is 0.464. The van der Waals surface area contributed by atoms with E-state index in [4.69, 9.17) is 9.47 Å². The first-order valence-corrected chi connectivity index (χ1v) is 6.66. The van der Waals surface area contributed by atoms with Crippen LogP contribution in [-0.4, -0.2) is 25.2 Å². The van der Waals surface area contributed by atoms with E-state index in [-0.39, 0.29) is 19.2 Å². The minimum atomic E-state index is -0.477. The summed E-state index contributed by atoms with van der Waals surface area (Å²) in [7, 11) is 0. The second-order valence-electron chi connectivity index (χ2n) is 4.39. The van der Waals surface area contributed by atoms with Crippen molar-refractivity contribution in [2.45, 2.75) is 6.42 Å². The Kier molecular flexibility index (Phi) is 5.10. The number of benzene rings is 2. The second-order valence-corrected chi connectivity index (χ2v) is 4.39. The average Bonchev–Trinajstić information content (AvgIpc) is 2.53. The Morgan fingerprint density at radius 1 is 1.00 bits per heavy atom. The van der Waals surface area contributed by atoms with Crippen LogP contribution in [0.2, 0.25) is 0 Å². The Labute approximate surface area is 123 Å². The zero-order valence-corrected chi connectivity index (χ0v) is 11.6. The number of hydrogen-bond acceptors (Lipinski definition) is 4. The van der Waals surface area contributed by atoms with Gasteiger partial charge in [-0.05, 0) is 16.8 Å². The van der Waals surface area contributed by atoms with Crippen molar-refractivity contribution < 1.29 is 19.1 Å². The Morgan fingerprint density at radius 3 is 2.52 bits per heavy atom. The molecule has 0 spiro atoms. The molecule has 0 aliphatic carbocycles. The topological polar surface area (TPSA) is 52.6 Å². The van der Waals surface area contributed by atoms with Crippen molar-refractivity contribution in [3.05, 3.63) is 60.7 Å². The lowest BCUT2D eigenvalue weighted by Crippen LogP contribution is -2.10. The molecule has 0 fully saturated rings.